The molecule has 2 heterocycles. The summed E-state index contributed by atoms with van der Waals surface area (Å²) in [7, 11) is 1.66. The topological polar surface area (TPSA) is 57.6 Å². The standard InChI is InChI=1S/C22H20ClNO3/c1-25-17-8-4-14(5-9-17)19-13-26-22(24)12-18(19)21-11-10-20(27-21)15-2-6-16(23)7-3-15/h2-12,18-19H,13,24H2,1H3. The minimum atomic E-state index is -0.00630. The van der Waals surface area contributed by atoms with Gasteiger partial charge in [0.05, 0.1) is 19.6 Å². The Kier molecular flexibility index (Phi) is 4.82. The molecule has 138 valence electrons. The molecule has 0 spiro atoms. The minimum absolute atomic E-state index is 0.00630. The molecule has 0 radical (unpaired) electrons. The van der Waals surface area contributed by atoms with Crippen LogP contribution in [-0.2, 0) is 4.74 Å². The lowest BCUT2D eigenvalue weighted by Gasteiger charge is -2.28. The summed E-state index contributed by atoms with van der Waals surface area (Å²) in [6.45, 7) is 0.496. The smallest absolute Gasteiger partial charge is 0.180 e. The zero-order valence-electron chi connectivity index (χ0n) is 14.9. The molecular weight excluding hydrogens is 362 g/mol. The Bertz CT molecular complexity index is 944. The van der Waals surface area contributed by atoms with Gasteiger partial charge in [0.25, 0.3) is 0 Å². The van der Waals surface area contributed by atoms with Crippen molar-refractivity contribution in [3.8, 4) is 17.1 Å². The molecule has 4 nitrogen and oxygen atoms in total. The maximum atomic E-state index is 6.17. The fraction of sp³-hybridized carbons (Fsp3) is 0.182. The Labute approximate surface area is 163 Å². The minimum Gasteiger partial charge on any atom is -0.497 e. The third-order valence-electron chi connectivity index (χ3n) is 4.83. The van der Waals surface area contributed by atoms with E-state index in [-0.39, 0.29) is 11.8 Å². The SMILES string of the molecule is COc1ccc(C2COC(N)=CC2c2ccc(-c3ccc(Cl)cc3)o2)cc1. The van der Waals surface area contributed by atoms with Crippen molar-refractivity contribution in [1.29, 1.82) is 0 Å². The van der Waals surface area contributed by atoms with E-state index in [4.69, 9.17) is 31.2 Å². The van der Waals surface area contributed by atoms with Gasteiger partial charge in [0, 0.05) is 16.5 Å². The summed E-state index contributed by atoms with van der Waals surface area (Å²) in [6, 6.07) is 19.6. The van der Waals surface area contributed by atoms with Crippen LogP contribution in [0.2, 0.25) is 5.02 Å². The van der Waals surface area contributed by atoms with Crippen molar-refractivity contribution < 1.29 is 13.9 Å². The van der Waals surface area contributed by atoms with Crippen molar-refractivity contribution in [3.63, 3.8) is 0 Å². The molecule has 1 aliphatic rings. The van der Waals surface area contributed by atoms with Crippen LogP contribution in [0.25, 0.3) is 11.3 Å². The number of rotatable bonds is 4. The molecule has 1 aromatic heterocycles. The van der Waals surface area contributed by atoms with Crippen molar-refractivity contribution >= 4 is 11.6 Å². The fourth-order valence-electron chi connectivity index (χ4n) is 3.37. The highest BCUT2D eigenvalue weighted by atomic mass is 35.5. The maximum absolute atomic E-state index is 6.17. The number of methoxy groups -OCH3 is 1. The molecule has 0 aliphatic carbocycles. The molecular formula is C22H20ClNO3. The number of allylic oxidation sites excluding steroid dienone is 1. The third kappa shape index (κ3) is 3.67. The van der Waals surface area contributed by atoms with E-state index in [2.05, 4.69) is 12.1 Å². The molecule has 2 atom stereocenters. The Hall–Kier alpha value is -2.85. The van der Waals surface area contributed by atoms with Gasteiger partial charge in [-0.3, -0.25) is 0 Å². The summed E-state index contributed by atoms with van der Waals surface area (Å²) in [5.74, 6) is 3.00. The van der Waals surface area contributed by atoms with Gasteiger partial charge in [-0.25, -0.2) is 0 Å². The van der Waals surface area contributed by atoms with Gasteiger partial charge in [0.15, 0.2) is 5.88 Å². The van der Waals surface area contributed by atoms with Crippen LogP contribution in [0.5, 0.6) is 5.75 Å². The normalized spacial score (nSPS) is 19.3. The van der Waals surface area contributed by atoms with Crippen LogP contribution in [0.4, 0.5) is 0 Å². The molecule has 0 bridgehead atoms. The number of benzene rings is 2. The predicted octanol–water partition coefficient (Wildman–Crippen LogP) is 5.31. The second kappa shape index (κ2) is 7.41. The quantitative estimate of drug-likeness (QED) is 0.665. The number of ether oxygens (including phenoxy) is 2. The number of hydrogen-bond acceptors (Lipinski definition) is 4. The van der Waals surface area contributed by atoms with E-state index in [1.165, 1.54) is 0 Å². The first-order valence-corrected chi connectivity index (χ1v) is 9.11. The maximum Gasteiger partial charge on any atom is 0.180 e. The van der Waals surface area contributed by atoms with Crippen molar-refractivity contribution in [2.45, 2.75) is 11.8 Å². The van der Waals surface area contributed by atoms with Gasteiger partial charge in [-0.05, 0) is 60.2 Å². The molecule has 4 rings (SSSR count). The van der Waals surface area contributed by atoms with Crippen molar-refractivity contribution in [3.05, 3.63) is 89.0 Å². The molecule has 2 aromatic carbocycles. The largest absolute Gasteiger partial charge is 0.497 e. The average Bonchev–Trinajstić information content (AvgIpc) is 3.19. The second-order valence-corrected chi connectivity index (χ2v) is 6.93. The van der Waals surface area contributed by atoms with E-state index in [9.17, 15) is 0 Å². The summed E-state index contributed by atoms with van der Waals surface area (Å²) >= 11 is 5.98. The molecule has 0 saturated carbocycles. The summed E-state index contributed by atoms with van der Waals surface area (Å²) in [5, 5.41) is 0.699. The third-order valence-corrected chi connectivity index (χ3v) is 5.09. The van der Waals surface area contributed by atoms with Crippen LogP contribution < -0.4 is 10.5 Å². The number of hydrogen-bond donors (Lipinski definition) is 1. The lowest BCUT2D eigenvalue weighted by Crippen LogP contribution is -2.23. The monoisotopic (exact) mass is 381 g/mol. The summed E-state index contributed by atoms with van der Waals surface area (Å²) in [5.41, 5.74) is 8.07. The first-order chi connectivity index (χ1) is 13.1. The van der Waals surface area contributed by atoms with E-state index in [0.29, 0.717) is 17.5 Å². The Balaban J connectivity index is 1.66. The first kappa shape index (κ1) is 17.6. The van der Waals surface area contributed by atoms with Gasteiger partial charge in [0.2, 0.25) is 0 Å². The molecule has 2 unspecified atom stereocenters. The Morgan fingerprint density at radius 2 is 1.74 bits per heavy atom. The van der Waals surface area contributed by atoms with Crippen LogP contribution >= 0.6 is 11.6 Å². The van der Waals surface area contributed by atoms with Crippen LogP contribution in [0.1, 0.15) is 23.2 Å². The summed E-state index contributed by atoms with van der Waals surface area (Å²) in [4.78, 5) is 0. The molecule has 27 heavy (non-hydrogen) atoms. The van der Waals surface area contributed by atoms with Crippen molar-refractivity contribution in [1.82, 2.24) is 0 Å². The molecule has 0 fully saturated rings. The lowest BCUT2D eigenvalue weighted by atomic mass is 9.83. The Morgan fingerprint density at radius 3 is 2.44 bits per heavy atom. The van der Waals surface area contributed by atoms with Gasteiger partial charge >= 0.3 is 0 Å². The highest BCUT2D eigenvalue weighted by molar-refractivity contribution is 6.30. The van der Waals surface area contributed by atoms with E-state index >= 15 is 0 Å². The predicted molar refractivity (Wildman–Crippen MR) is 106 cm³/mol. The van der Waals surface area contributed by atoms with E-state index < -0.39 is 0 Å². The zero-order chi connectivity index (χ0) is 18.8. The molecule has 2 N–H and O–H groups in total. The molecule has 0 amide bonds. The van der Waals surface area contributed by atoms with E-state index in [1.807, 2.05) is 54.6 Å². The van der Waals surface area contributed by atoms with Crippen LogP contribution in [0.15, 0.2) is 77.0 Å². The van der Waals surface area contributed by atoms with E-state index in [0.717, 1.165) is 28.4 Å². The molecule has 1 aliphatic heterocycles. The summed E-state index contributed by atoms with van der Waals surface area (Å²) < 4.78 is 17.0. The molecule has 0 saturated heterocycles. The lowest BCUT2D eigenvalue weighted by molar-refractivity contribution is 0.159. The number of nitrogens with two attached hydrogens (primary N) is 1. The summed E-state index contributed by atoms with van der Waals surface area (Å²) in [6.07, 6.45) is 1.92. The Morgan fingerprint density at radius 1 is 1.00 bits per heavy atom. The van der Waals surface area contributed by atoms with Crippen molar-refractivity contribution in [2.24, 2.45) is 5.73 Å². The van der Waals surface area contributed by atoms with Gasteiger partial charge in [-0.2, -0.15) is 0 Å². The van der Waals surface area contributed by atoms with Crippen LogP contribution in [0, 0.1) is 0 Å². The fourth-order valence-corrected chi connectivity index (χ4v) is 3.49. The van der Waals surface area contributed by atoms with Crippen molar-refractivity contribution in [2.75, 3.05) is 13.7 Å². The highest BCUT2D eigenvalue weighted by Gasteiger charge is 2.30. The van der Waals surface area contributed by atoms with Crippen LogP contribution in [-0.4, -0.2) is 13.7 Å². The molecule has 5 heteroatoms. The van der Waals surface area contributed by atoms with Gasteiger partial charge in [0.1, 0.15) is 17.3 Å². The van der Waals surface area contributed by atoms with Crippen LogP contribution in [0.3, 0.4) is 0 Å². The first-order valence-electron chi connectivity index (χ1n) is 8.74. The number of halogens is 1. The number of furan rings is 1. The van der Waals surface area contributed by atoms with E-state index in [1.54, 1.807) is 7.11 Å². The van der Waals surface area contributed by atoms with Gasteiger partial charge in [-0.1, -0.05) is 23.7 Å². The average molecular weight is 382 g/mol. The van der Waals surface area contributed by atoms with Gasteiger partial charge < -0.3 is 19.6 Å². The zero-order valence-corrected chi connectivity index (χ0v) is 15.6. The highest BCUT2D eigenvalue weighted by Crippen LogP contribution is 2.40. The second-order valence-electron chi connectivity index (χ2n) is 6.49. The van der Waals surface area contributed by atoms with Gasteiger partial charge in [-0.15, -0.1) is 0 Å². The molecule has 3 aromatic rings.